The Morgan fingerprint density at radius 1 is 1.60 bits per heavy atom. The Labute approximate surface area is 58.8 Å². The second-order valence-electron chi connectivity index (χ2n) is 3.15. The molecule has 2 nitrogen and oxygen atoms in total. The summed E-state index contributed by atoms with van der Waals surface area (Å²) in [7, 11) is 0. The van der Waals surface area contributed by atoms with Crippen LogP contribution < -0.4 is 11.1 Å². The minimum absolute atomic E-state index is 0.142. The standard InChI is InChI=1S/C6H12F2N2/c1-5(3-9)2-6(7,8)4-10-5/h10H,2-4,9H2,1H3. The molecule has 4 heteroatoms. The molecule has 3 N–H and O–H groups in total. The van der Waals surface area contributed by atoms with Crippen LogP contribution in [0.15, 0.2) is 0 Å². The van der Waals surface area contributed by atoms with Crippen LogP contribution in [0.25, 0.3) is 0 Å². The SMILES string of the molecule is CC1(CN)CC(F)(F)CN1. The van der Waals surface area contributed by atoms with E-state index in [2.05, 4.69) is 5.32 Å². The Morgan fingerprint density at radius 3 is 2.40 bits per heavy atom. The number of nitrogens with one attached hydrogen (secondary N) is 1. The van der Waals surface area contributed by atoms with E-state index in [1.54, 1.807) is 6.92 Å². The number of hydrogen-bond donors (Lipinski definition) is 2. The Bertz CT molecular complexity index is 138. The molecule has 0 saturated carbocycles. The number of rotatable bonds is 1. The van der Waals surface area contributed by atoms with Gasteiger partial charge in [-0.15, -0.1) is 0 Å². The smallest absolute Gasteiger partial charge is 0.262 e. The van der Waals surface area contributed by atoms with Gasteiger partial charge in [-0.25, -0.2) is 8.78 Å². The highest BCUT2D eigenvalue weighted by atomic mass is 19.3. The van der Waals surface area contributed by atoms with Gasteiger partial charge in [0.05, 0.1) is 6.54 Å². The van der Waals surface area contributed by atoms with E-state index in [1.807, 2.05) is 0 Å². The third-order valence-electron chi connectivity index (χ3n) is 1.87. The van der Waals surface area contributed by atoms with Gasteiger partial charge < -0.3 is 11.1 Å². The fraction of sp³-hybridized carbons (Fsp3) is 1.00. The van der Waals surface area contributed by atoms with Gasteiger partial charge >= 0.3 is 0 Å². The molecule has 0 radical (unpaired) electrons. The van der Waals surface area contributed by atoms with Crippen LogP contribution in [0.4, 0.5) is 8.78 Å². The van der Waals surface area contributed by atoms with Gasteiger partial charge in [-0.2, -0.15) is 0 Å². The van der Waals surface area contributed by atoms with Gasteiger partial charge in [0.1, 0.15) is 0 Å². The van der Waals surface area contributed by atoms with E-state index in [-0.39, 0.29) is 19.5 Å². The molecule has 1 saturated heterocycles. The minimum Gasteiger partial charge on any atom is -0.329 e. The van der Waals surface area contributed by atoms with E-state index in [9.17, 15) is 8.78 Å². The van der Waals surface area contributed by atoms with Crippen LogP contribution in [0.1, 0.15) is 13.3 Å². The Balaban J connectivity index is 2.57. The van der Waals surface area contributed by atoms with Gasteiger partial charge in [-0.3, -0.25) is 0 Å². The predicted octanol–water partition coefficient (Wildman–Crippen LogP) is 0.332. The lowest BCUT2D eigenvalue weighted by Gasteiger charge is -2.20. The molecule has 1 aliphatic heterocycles. The van der Waals surface area contributed by atoms with Gasteiger partial charge in [0.15, 0.2) is 0 Å². The Kier molecular flexibility index (Phi) is 1.68. The zero-order chi connectivity index (χ0) is 7.83. The summed E-state index contributed by atoms with van der Waals surface area (Å²) in [5.41, 5.74) is 4.74. The van der Waals surface area contributed by atoms with Crippen molar-refractivity contribution in [3.8, 4) is 0 Å². The van der Waals surface area contributed by atoms with Gasteiger partial charge in [0.25, 0.3) is 5.92 Å². The van der Waals surface area contributed by atoms with Crippen molar-refractivity contribution in [3.05, 3.63) is 0 Å². The van der Waals surface area contributed by atoms with Crippen molar-refractivity contribution in [1.29, 1.82) is 0 Å². The van der Waals surface area contributed by atoms with E-state index in [0.29, 0.717) is 0 Å². The molecule has 0 amide bonds. The Hall–Kier alpha value is -0.220. The maximum Gasteiger partial charge on any atom is 0.262 e. The molecule has 1 atom stereocenters. The molecule has 1 rings (SSSR count). The number of nitrogens with two attached hydrogens (primary N) is 1. The summed E-state index contributed by atoms with van der Waals surface area (Å²) in [5, 5.41) is 2.70. The van der Waals surface area contributed by atoms with E-state index >= 15 is 0 Å². The molecule has 0 aromatic carbocycles. The molecule has 0 aromatic rings. The summed E-state index contributed by atoms with van der Waals surface area (Å²) in [6.45, 7) is 1.75. The third-order valence-corrected chi connectivity index (χ3v) is 1.87. The molecule has 60 valence electrons. The van der Waals surface area contributed by atoms with E-state index in [4.69, 9.17) is 5.73 Å². The first-order valence-corrected chi connectivity index (χ1v) is 3.30. The van der Waals surface area contributed by atoms with Crippen molar-refractivity contribution in [1.82, 2.24) is 5.32 Å². The van der Waals surface area contributed by atoms with Crippen molar-refractivity contribution < 1.29 is 8.78 Å². The summed E-state index contributed by atoms with van der Waals surface area (Å²) in [6, 6.07) is 0. The Morgan fingerprint density at radius 2 is 2.20 bits per heavy atom. The van der Waals surface area contributed by atoms with E-state index in [0.717, 1.165) is 0 Å². The van der Waals surface area contributed by atoms with Crippen molar-refractivity contribution >= 4 is 0 Å². The van der Waals surface area contributed by atoms with E-state index < -0.39 is 11.5 Å². The van der Waals surface area contributed by atoms with Crippen LogP contribution in [-0.4, -0.2) is 24.6 Å². The molecule has 0 aliphatic carbocycles. The largest absolute Gasteiger partial charge is 0.329 e. The van der Waals surface area contributed by atoms with Gasteiger partial charge in [-0.05, 0) is 6.92 Å². The van der Waals surface area contributed by atoms with Gasteiger partial charge in [0.2, 0.25) is 0 Å². The average Bonchev–Trinajstić information content (AvgIpc) is 2.08. The lowest BCUT2D eigenvalue weighted by Crippen LogP contribution is -2.43. The van der Waals surface area contributed by atoms with Crippen molar-refractivity contribution in [2.45, 2.75) is 24.8 Å². The van der Waals surface area contributed by atoms with Crippen molar-refractivity contribution in [2.75, 3.05) is 13.1 Å². The first kappa shape index (κ1) is 7.88. The van der Waals surface area contributed by atoms with Crippen molar-refractivity contribution in [2.24, 2.45) is 5.73 Å². The maximum atomic E-state index is 12.5. The highest BCUT2D eigenvalue weighted by molar-refractivity contribution is 4.97. The quantitative estimate of drug-likeness (QED) is 0.565. The number of halogens is 2. The van der Waals surface area contributed by atoms with Crippen LogP contribution in [-0.2, 0) is 0 Å². The molecule has 0 aromatic heterocycles. The molecular formula is C6H12F2N2. The van der Waals surface area contributed by atoms with Crippen LogP contribution >= 0.6 is 0 Å². The maximum absolute atomic E-state index is 12.5. The number of hydrogen-bond acceptors (Lipinski definition) is 2. The summed E-state index contributed by atoms with van der Waals surface area (Å²) in [4.78, 5) is 0. The average molecular weight is 150 g/mol. The summed E-state index contributed by atoms with van der Waals surface area (Å²) in [6.07, 6.45) is -0.142. The zero-order valence-electron chi connectivity index (χ0n) is 5.95. The second kappa shape index (κ2) is 2.13. The summed E-state index contributed by atoms with van der Waals surface area (Å²) in [5.74, 6) is -2.56. The second-order valence-corrected chi connectivity index (χ2v) is 3.15. The fourth-order valence-electron chi connectivity index (χ4n) is 1.18. The first-order valence-electron chi connectivity index (χ1n) is 3.30. The highest BCUT2D eigenvalue weighted by Crippen LogP contribution is 2.30. The normalized spacial score (nSPS) is 38.4. The van der Waals surface area contributed by atoms with Gasteiger partial charge in [0, 0.05) is 18.5 Å². The lowest BCUT2D eigenvalue weighted by molar-refractivity contribution is 0.0172. The van der Waals surface area contributed by atoms with Crippen LogP contribution in [0.3, 0.4) is 0 Å². The highest BCUT2D eigenvalue weighted by Gasteiger charge is 2.45. The molecule has 1 fully saturated rings. The molecule has 1 unspecified atom stereocenters. The van der Waals surface area contributed by atoms with Gasteiger partial charge in [-0.1, -0.05) is 0 Å². The van der Waals surface area contributed by atoms with Crippen molar-refractivity contribution in [3.63, 3.8) is 0 Å². The molecule has 10 heavy (non-hydrogen) atoms. The van der Waals surface area contributed by atoms with Crippen LogP contribution in [0.5, 0.6) is 0 Å². The minimum atomic E-state index is -2.56. The van der Waals surface area contributed by atoms with Crippen LogP contribution in [0.2, 0.25) is 0 Å². The summed E-state index contributed by atoms with van der Waals surface area (Å²) < 4.78 is 25.0. The number of alkyl halides is 2. The first-order chi connectivity index (χ1) is 4.47. The molecule has 1 heterocycles. The summed E-state index contributed by atoms with van der Waals surface area (Å²) >= 11 is 0. The van der Waals surface area contributed by atoms with Crippen LogP contribution in [0, 0.1) is 0 Å². The third kappa shape index (κ3) is 1.44. The topological polar surface area (TPSA) is 38.0 Å². The fourth-order valence-corrected chi connectivity index (χ4v) is 1.18. The molecule has 1 aliphatic rings. The monoisotopic (exact) mass is 150 g/mol. The lowest BCUT2D eigenvalue weighted by atomic mass is 10.00. The molecule has 0 spiro atoms. The molecule has 0 bridgehead atoms. The zero-order valence-corrected chi connectivity index (χ0v) is 5.95. The predicted molar refractivity (Wildman–Crippen MR) is 35.0 cm³/mol. The van der Waals surface area contributed by atoms with E-state index in [1.165, 1.54) is 0 Å². The molecular weight excluding hydrogens is 138 g/mol.